The molecule has 0 aromatic rings. The van der Waals surface area contributed by atoms with E-state index in [9.17, 15) is 5.11 Å². The molecule has 0 bridgehead atoms. The monoisotopic (exact) mass is 245 g/mol. The molecule has 0 aliphatic rings. The lowest BCUT2D eigenvalue weighted by Crippen LogP contribution is -2.59. The van der Waals surface area contributed by atoms with Crippen molar-refractivity contribution in [2.24, 2.45) is 17.8 Å². The number of aliphatic hydroxyl groups excluding tert-OH is 2. The number of hydrogen-bond acceptors (Lipinski definition) is 3. The third-order valence-electron chi connectivity index (χ3n) is 4.20. The van der Waals surface area contributed by atoms with Crippen molar-refractivity contribution in [3.8, 4) is 0 Å². The molecule has 17 heavy (non-hydrogen) atoms. The first-order valence-corrected chi connectivity index (χ1v) is 6.81. The molecule has 0 heterocycles. The zero-order valence-corrected chi connectivity index (χ0v) is 12.3. The number of hydrogen-bond donors (Lipinski definition) is 3. The summed E-state index contributed by atoms with van der Waals surface area (Å²) in [4.78, 5) is 0. The lowest BCUT2D eigenvalue weighted by atomic mass is 9.75. The van der Waals surface area contributed by atoms with E-state index in [-0.39, 0.29) is 24.2 Å². The van der Waals surface area contributed by atoms with Crippen molar-refractivity contribution in [2.75, 3.05) is 13.2 Å². The Balaban J connectivity index is 4.68. The molecular formula is C14H31NO2. The highest BCUT2D eigenvalue weighted by atomic mass is 16.3. The average molecular weight is 245 g/mol. The van der Waals surface area contributed by atoms with Crippen molar-refractivity contribution in [1.29, 1.82) is 0 Å². The standard InChI is InChI=1S/C14H31NO2/c1-10(2)12(5)13(17)14(6,11(3)4)15-8-7-9-16/h10-13,15-17H,7-9H2,1-6H3/t12-,13?,14-/m1/s1. The highest BCUT2D eigenvalue weighted by Crippen LogP contribution is 2.29. The van der Waals surface area contributed by atoms with E-state index >= 15 is 0 Å². The molecule has 3 heteroatoms. The molecule has 0 rings (SSSR count). The topological polar surface area (TPSA) is 52.5 Å². The summed E-state index contributed by atoms with van der Waals surface area (Å²) in [5.74, 6) is 1.06. The lowest BCUT2D eigenvalue weighted by molar-refractivity contribution is -0.0123. The maximum atomic E-state index is 10.6. The fourth-order valence-corrected chi connectivity index (χ4v) is 2.00. The fraction of sp³-hybridized carbons (Fsp3) is 1.00. The van der Waals surface area contributed by atoms with Gasteiger partial charge in [-0.1, -0.05) is 34.6 Å². The minimum atomic E-state index is -0.374. The normalized spacial score (nSPS) is 19.4. The van der Waals surface area contributed by atoms with Gasteiger partial charge in [-0.25, -0.2) is 0 Å². The molecular weight excluding hydrogens is 214 g/mol. The second kappa shape index (κ2) is 7.34. The van der Waals surface area contributed by atoms with Crippen molar-refractivity contribution >= 4 is 0 Å². The highest BCUT2D eigenvalue weighted by molar-refractivity contribution is 4.96. The van der Waals surface area contributed by atoms with E-state index in [4.69, 9.17) is 5.11 Å². The van der Waals surface area contributed by atoms with Crippen molar-refractivity contribution in [3.05, 3.63) is 0 Å². The zero-order chi connectivity index (χ0) is 13.6. The first kappa shape index (κ1) is 16.9. The third-order valence-corrected chi connectivity index (χ3v) is 4.20. The molecule has 0 aliphatic carbocycles. The van der Waals surface area contributed by atoms with E-state index in [1.807, 2.05) is 0 Å². The van der Waals surface area contributed by atoms with Crippen LogP contribution in [0.5, 0.6) is 0 Å². The molecule has 3 nitrogen and oxygen atoms in total. The van der Waals surface area contributed by atoms with E-state index in [0.29, 0.717) is 11.8 Å². The molecule has 0 radical (unpaired) electrons. The summed E-state index contributed by atoms with van der Waals surface area (Å²) in [6.45, 7) is 13.7. The van der Waals surface area contributed by atoms with Crippen LogP contribution >= 0.6 is 0 Å². The molecule has 3 N–H and O–H groups in total. The highest BCUT2D eigenvalue weighted by Gasteiger charge is 2.39. The van der Waals surface area contributed by atoms with Crippen molar-refractivity contribution in [1.82, 2.24) is 5.32 Å². The first-order chi connectivity index (χ1) is 7.77. The van der Waals surface area contributed by atoms with Gasteiger partial charge in [0.25, 0.3) is 0 Å². The van der Waals surface area contributed by atoms with E-state index in [1.54, 1.807) is 0 Å². The Kier molecular flexibility index (Phi) is 7.29. The summed E-state index contributed by atoms with van der Waals surface area (Å²) in [6.07, 6.45) is 0.353. The quantitative estimate of drug-likeness (QED) is 0.574. The van der Waals surface area contributed by atoms with Gasteiger partial charge in [-0.2, -0.15) is 0 Å². The largest absolute Gasteiger partial charge is 0.396 e. The second-order valence-electron chi connectivity index (χ2n) is 5.99. The van der Waals surface area contributed by atoms with Crippen molar-refractivity contribution in [3.63, 3.8) is 0 Å². The molecule has 1 unspecified atom stereocenters. The van der Waals surface area contributed by atoms with Gasteiger partial charge in [0.1, 0.15) is 0 Å². The van der Waals surface area contributed by atoms with Crippen LogP contribution in [0.15, 0.2) is 0 Å². The van der Waals surface area contributed by atoms with E-state index in [1.165, 1.54) is 0 Å². The van der Waals surface area contributed by atoms with Crippen molar-refractivity contribution in [2.45, 2.75) is 59.6 Å². The fourth-order valence-electron chi connectivity index (χ4n) is 2.00. The smallest absolute Gasteiger partial charge is 0.0749 e. The number of aliphatic hydroxyl groups is 2. The molecule has 0 aromatic heterocycles. The summed E-state index contributed by atoms with van der Waals surface area (Å²) in [6, 6.07) is 0. The van der Waals surface area contributed by atoms with Gasteiger partial charge in [-0.15, -0.1) is 0 Å². The van der Waals surface area contributed by atoms with Crippen molar-refractivity contribution < 1.29 is 10.2 Å². The predicted octanol–water partition coefficient (Wildman–Crippen LogP) is 2.03. The Morgan fingerprint density at radius 1 is 1.12 bits per heavy atom. The summed E-state index contributed by atoms with van der Waals surface area (Å²) in [5, 5.41) is 22.8. The Morgan fingerprint density at radius 3 is 2.00 bits per heavy atom. The lowest BCUT2D eigenvalue weighted by Gasteiger charge is -2.43. The summed E-state index contributed by atoms with van der Waals surface area (Å²) in [7, 11) is 0. The minimum absolute atomic E-state index is 0.191. The summed E-state index contributed by atoms with van der Waals surface area (Å²) in [5.41, 5.74) is -0.293. The Labute approximate surface area is 107 Å². The van der Waals surface area contributed by atoms with E-state index < -0.39 is 0 Å². The number of rotatable bonds is 8. The Morgan fingerprint density at radius 2 is 1.65 bits per heavy atom. The van der Waals surface area contributed by atoms with Gasteiger partial charge in [0.15, 0.2) is 0 Å². The van der Waals surface area contributed by atoms with Gasteiger partial charge >= 0.3 is 0 Å². The van der Waals surface area contributed by atoms with Gasteiger partial charge in [-0.3, -0.25) is 0 Å². The van der Waals surface area contributed by atoms with E-state index in [2.05, 4.69) is 46.9 Å². The molecule has 0 saturated carbocycles. The van der Waals surface area contributed by atoms with Gasteiger partial charge in [0.05, 0.1) is 6.10 Å². The Hall–Kier alpha value is -0.120. The maximum Gasteiger partial charge on any atom is 0.0749 e. The predicted molar refractivity (Wildman–Crippen MR) is 73.0 cm³/mol. The molecule has 3 atom stereocenters. The molecule has 0 saturated heterocycles. The van der Waals surface area contributed by atoms with Crippen LogP contribution < -0.4 is 5.32 Å². The molecule has 0 fully saturated rings. The molecule has 0 amide bonds. The van der Waals surface area contributed by atoms with Gasteiger partial charge < -0.3 is 15.5 Å². The minimum Gasteiger partial charge on any atom is -0.396 e. The number of nitrogens with one attached hydrogen (secondary N) is 1. The Bertz CT molecular complexity index is 206. The van der Waals surface area contributed by atoms with Crippen LogP contribution in [0.3, 0.4) is 0 Å². The van der Waals surface area contributed by atoms with Crippen LogP contribution in [0.4, 0.5) is 0 Å². The van der Waals surface area contributed by atoms with Crippen LogP contribution in [0.1, 0.15) is 48.0 Å². The van der Waals surface area contributed by atoms with Crippen LogP contribution in [0.2, 0.25) is 0 Å². The molecule has 104 valence electrons. The van der Waals surface area contributed by atoms with Gasteiger partial charge in [0.2, 0.25) is 0 Å². The molecule has 0 aliphatic heterocycles. The van der Waals surface area contributed by atoms with Crippen LogP contribution in [-0.4, -0.2) is 35.0 Å². The van der Waals surface area contributed by atoms with Gasteiger partial charge in [-0.05, 0) is 37.6 Å². The second-order valence-corrected chi connectivity index (χ2v) is 5.99. The molecule has 0 spiro atoms. The van der Waals surface area contributed by atoms with E-state index in [0.717, 1.165) is 13.0 Å². The third kappa shape index (κ3) is 4.57. The zero-order valence-electron chi connectivity index (χ0n) is 12.3. The first-order valence-electron chi connectivity index (χ1n) is 6.81. The molecule has 0 aromatic carbocycles. The van der Waals surface area contributed by atoms with Crippen LogP contribution in [0.25, 0.3) is 0 Å². The average Bonchev–Trinajstić information content (AvgIpc) is 2.26. The van der Waals surface area contributed by atoms with Crippen LogP contribution in [-0.2, 0) is 0 Å². The summed E-state index contributed by atoms with van der Waals surface area (Å²) >= 11 is 0. The maximum absolute atomic E-state index is 10.6. The SMILES string of the molecule is CC(C)[C@@H](C)C(O)[C@](C)(NCCCO)C(C)C. The van der Waals surface area contributed by atoms with Gasteiger partial charge in [0, 0.05) is 12.1 Å². The summed E-state index contributed by atoms with van der Waals surface area (Å²) < 4.78 is 0. The van der Waals surface area contributed by atoms with Crippen LogP contribution in [0, 0.1) is 17.8 Å².